The van der Waals surface area contributed by atoms with Crippen LogP contribution in [0.1, 0.15) is 96.3 Å². The fraction of sp³-hybridized carbons (Fsp3) is 0.920. The first-order chi connectivity index (χ1) is 15.1. The SMILES string of the molecule is O=C(NC1C[C@H]2CC[C@H](C1)N2C(=S)NC1CCCCC1)NC12CC3CC(CC(C3)C1)C2. The van der Waals surface area contributed by atoms with Crippen LogP contribution < -0.4 is 16.0 Å². The van der Waals surface area contributed by atoms with Crippen LogP contribution in [0.25, 0.3) is 0 Å². The van der Waals surface area contributed by atoms with Gasteiger partial charge >= 0.3 is 6.03 Å². The van der Waals surface area contributed by atoms with Crippen LogP contribution >= 0.6 is 12.2 Å². The first-order valence-electron chi connectivity index (χ1n) is 13.2. The van der Waals surface area contributed by atoms with Crippen LogP contribution in [0, 0.1) is 17.8 Å². The van der Waals surface area contributed by atoms with Crippen molar-refractivity contribution in [2.75, 3.05) is 0 Å². The molecule has 6 heteroatoms. The second-order valence-electron chi connectivity index (χ2n) is 12.0. The molecule has 0 aromatic rings. The lowest BCUT2D eigenvalue weighted by molar-refractivity contribution is -0.0138. The lowest BCUT2D eigenvalue weighted by atomic mass is 9.53. The van der Waals surface area contributed by atoms with Crippen molar-refractivity contribution in [1.82, 2.24) is 20.9 Å². The number of thiocarbonyl (C=S) groups is 1. The summed E-state index contributed by atoms with van der Waals surface area (Å²) in [4.78, 5) is 15.5. The molecule has 5 nitrogen and oxygen atoms in total. The number of amides is 2. The Labute approximate surface area is 192 Å². The van der Waals surface area contributed by atoms with Crippen molar-refractivity contribution in [3.63, 3.8) is 0 Å². The maximum absolute atomic E-state index is 13.0. The molecular formula is C25H40N4OS. The summed E-state index contributed by atoms with van der Waals surface area (Å²) in [5, 5.41) is 11.6. The lowest BCUT2D eigenvalue weighted by Gasteiger charge is -2.56. The molecule has 0 spiro atoms. The highest BCUT2D eigenvalue weighted by Gasteiger charge is 2.52. The van der Waals surface area contributed by atoms with E-state index in [2.05, 4.69) is 20.9 Å². The van der Waals surface area contributed by atoms with E-state index in [-0.39, 0.29) is 11.6 Å². The average molecular weight is 445 g/mol. The Morgan fingerprint density at radius 1 is 0.742 bits per heavy atom. The first kappa shape index (κ1) is 20.6. The zero-order valence-corrected chi connectivity index (χ0v) is 19.7. The van der Waals surface area contributed by atoms with E-state index in [1.54, 1.807) is 0 Å². The molecule has 7 rings (SSSR count). The van der Waals surface area contributed by atoms with Gasteiger partial charge in [0.1, 0.15) is 0 Å². The Morgan fingerprint density at radius 3 is 1.90 bits per heavy atom. The van der Waals surface area contributed by atoms with E-state index in [0.717, 1.165) is 35.7 Å². The van der Waals surface area contributed by atoms with Crippen molar-refractivity contribution >= 4 is 23.4 Å². The van der Waals surface area contributed by atoms with Crippen LogP contribution in [0.2, 0.25) is 0 Å². The second kappa shape index (κ2) is 8.07. The Balaban J connectivity index is 1.03. The number of hydrogen-bond donors (Lipinski definition) is 3. The van der Waals surface area contributed by atoms with Gasteiger partial charge in [0.05, 0.1) is 0 Å². The highest BCUT2D eigenvalue weighted by atomic mass is 32.1. The minimum absolute atomic E-state index is 0.0997. The number of carbonyl (C=O) groups is 1. The van der Waals surface area contributed by atoms with Crippen LogP contribution in [0.5, 0.6) is 0 Å². The molecule has 5 saturated carbocycles. The number of carbonyl (C=O) groups excluding carboxylic acids is 1. The summed E-state index contributed by atoms with van der Waals surface area (Å²) in [5.74, 6) is 2.59. The quantitative estimate of drug-likeness (QED) is 0.563. The molecule has 6 bridgehead atoms. The molecule has 5 aliphatic carbocycles. The molecular weight excluding hydrogens is 404 g/mol. The van der Waals surface area contributed by atoms with Gasteiger partial charge in [0, 0.05) is 29.7 Å². The molecule has 3 N–H and O–H groups in total. The predicted molar refractivity (Wildman–Crippen MR) is 127 cm³/mol. The topological polar surface area (TPSA) is 56.4 Å². The van der Waals surface area contributed by atoms with Crippen LogP contribution in [-0.4, -0.2) is 45.7 Å². The molecule has 2 aliphatic heterocycles. The van der Waals surface area contributed by atoms with E-state index in [9.17, 15) is 4.79 Å². The van der Waals surface area contributed by atoms with Gasteiger partial charge in [-0.3, -0.25) is 0 Å². The monoisotopic (exact) mass is 444 g/mol. The summed E-state index contributed by atoms with van der Waals surface area (Å²) >= 11 is 5.86. The molecule has 0 unspecified atom stereocenters. The maximum Gasteiger partial charge on any atom is 0.315 e. The predicted octanol–water partition coefficient (Wildman–Crippen LogP) is 4.46. The Morgan fingerprint density at radius 2 is 1.32 bits per heavy atom. The van der Waals surface area contributed by atoms with Gasteiger partial charge in [0.25, 0.3) is 0 Å². The molecule has 0 aromatic carbocycles. The number of piperidine rings is 1. The zero-order valence-electron chi connectivity index (χ0n) is 18.9. The number of urea groups is 1. The smallest absolute Gasteiger partial charge is 0.315 e. The second-order valence-corrected chi connectivity index (χ2v) is 12.4. The summed E-state index contributed by atoms with van der Waals surface area (Å²) < 4.78 is 0. The highest BCUT2D eigenvalue weighted by molar-refractivity contribution is 7.80. The van der Waals surface area contributed by atoms with E-state index in [1.807, 2.05) is 0 Å². The summed E-state index contributed by atoms with van der Waals surface area (Å²) in [6.07, 6.45) is 19.0. The molecule has 31 heavy (non-hydrogen) atoms. The standard InChI is InChI=1S/C25H40N4OS/c30-23(28-25-13-16-8-17(14-25)10-18(9-16)15-25)26-20-11-21-6-7-22(12-20)29(21)24(31)27-19-4-2-1-3-5-19/h16-22H,1-15H2,(H,27,31)(H2,26,28,30)/t16?,17?,18?,21-,22-,25?/m1/s1. The number of nitrogens with one attached hydrogen (secondary N) is 3. The minimum atomic E-state index is 0.0997. The van der Waals surface area contributed by atoms with Gasteiger partial charge in [-0.15, -0.1) is 0 Å². The van der Waals surface area contributed by atoms with Crippen molar-refractivity contribution in [1.29, 1.82) is 0 Å². The van der Waals surface area contributed by atoms with Gasteiger partial charge in [-0.2, -0.15) is 0 Å². The molecule has 172 valence electrons. The third-order valence-electron chi connectivity index (χ3n) is 9.65. The largest absolute Gasteiger partial charge is 0.360 e. The zero-order chi connectivity index (χ0) is 21.0. The van der Waals surface area contributed by atoms with Gasteiger partial charge in [-0.25, -0.2) is 4.79 Å². The molecule has 2 amide bonds. The molecule has 0 radical (unpaired) electrons. The first-order valence-corrected chi connectivity index (χ1v) is 13.6. The van der Waals surface area contributed by atoms with Crippen molar-refractivity contribution in [2.45, 2.75) is 126 Å². The van der Waals surface area contributed by atoms with Crippen LogP contribution in [-0.2, 0) is 0 Å². The van der Waals surface area contributed by atoms with Crippen molar-refractivity contribution < 1.29 is 4.79 Å². The number of fused-ring (bicyclic) bond motifs is 2. The third-order valence-corrected chi connectivity index (χ3v) is 9.98. The molecule has 7 aliphatic rings. The van der Waals surface area contributed by atoms with E-state index in [4.69, 9.17) is 12.2 Å². The van der Waals surface area contributed by atoms with Crippen LogP contribution in [0.15, 0.2) is 0 Å². The Bertz CT molecular complexity index is 671. The Kier molecular flexibility index (Phi) is 5.35. The van der Waals surface area contributed by atoms with Gasteiger partial charge in [-0.1, -0.05) is 19.3 Å². The Hall–Kier alpha value is -1.04. The summed E-state index contributed by atoms with van der Waals surface area (Å²) in [6, 6.07) is 1.95. The van der Waals surface area contributed by atoms with Crippen molar-refractivity contribution in [3.8, 4) is 0 Å². The number of nitrogens with zero attached hydrogens (tertiary/aromatic N) is 1. The van der Waals surface area contributed by atoms with Gasteiger partial charge < -0.3 is 20.9 Å². The minimum Gasteiger partial charge on any atom is -0.360 e. The van der Waals surface area contributed by atoms with Crippen LogP contribution in [0.4, 0.5) is 4.79 Å². The lowest BCUT2D eigenvalue weighted by Crippen LogP contribution is -2.63. The highest BCUT2D eigenvalue weighted by Crippen LogP contribution is 2.55. The fourth-order valence-corrected chi connectivity index (χ4v) is 9.31. The van der Waals surface area contributed by atoms with Gasteiger partial charge in [0.15, 0.2) is 5.11 Å². The maximum atomic E-state index is 13.0. The molecule has 7 fully saturated rings. The van der Waals surface area contributed by atoms with E-state index < -0.39 is 0 Å². The normalized spacial score (nSPS) is 43.7. The van der Waals surface area contributed by atoms with Crippen LogP contribution in [0.3, 0.4) is 0 Å². The molecule has 2 saturated heterocycles. The fourth-order valence-electron chi connectivity index (χ4n) is 8.85. The molecule has 0 aromatic heterocycles. The molecule has 2 heterocycles. The van der Waals surface area contributed by atoms with Gasteiger partial charge in [0.2, 0.25) is 0 Å². The number of rotatable bonds is 3. The molecule has 2 atom stereocenters. The summed E-state index contributed by atoms with van der Waals surface area (Å²) in [7, 11) is 0. The van der Waals surface area contributed by atoms with E-state index in [0.29, 0.717) is 24.2 Å². The third kappa shape index (κ3) is 4.06. The van der Waals surface area contributed by atoms with E-state index in [1.165, 1.54) is 83.5 Å². The van der Waals surface area contributed by atoms with E-state index >= 15 is 0 Å². The average Bonchev–Trinajstić information content (AvgIpc) is 2.98. The number of hydrogen-bond acceptors (Lipinski definition) is 2. The van der Waals surface area contributed by atoms with Crippen molar-refractivity contribution in [3.05, 3.63) is 0 Å². The summed E-state index contributed by atoms with van der Waals surface area (Å²) in [6.45, 7) is 0. The van der Waals surface area contributed by atoms with Gasteiger partial charge in [-0.05, 0) is 107 Å². The van der Waals surface area contributed by atoms with Crippen molar-refractivity contribution in [2.24, 2.45) is 17.8 Å². The summed E-state index contributed by atoms with van der Waals surface area (Å²) in [5.41, 5.74) is 0.101.